The lowest BCUT2D eigenvalue weighted by Crippen LogP contribution is -2.40. The van der Waals surface area contributed by atoms with Gasteiger partial charge < -0.3 is 16.6 Å². The zero-order valence-electron chi connectivity index (χ0n) is 21.4. The molecular weight excluding hydrogens is 535 g/mol. The molecule has 2 aromatic heterocycles. The van der Waals surface area contributed by atoms with E-state index < -0.39 is 34.3 Å². The zero-order chi connectivity index (χ0) is 28.9. The second kappa shape index (κ2) is 9.71. The third-order valence-corrected chi connectivity index (χ3v) is 8.36. The highest BCUT2D eigenvalue weighted by molar-refractivity contribution is 6.34. The van der Waals surface area contributed by atoms with Crippen LogP contribution in [0.2, 0.25) is 5.02 Å². The van der Waals surface area contributed by atoms with Crippen LogP contribution in [0.3, 0.4) is 0 Å². The second-order valence-electron chi connectivity index (χ2n) is 10.3. The molecule has 0 amide bonds. The van der Waals surface area contributed by atoms with Crippen molar-refractivity contribution in [2.45, 2.75) is 45.7 Å². The van der Waals surface area contributed by atoms with E-state index in [0.29, 0.717) is 47.7 Å². The average molecular weight is 562 g/mol. The molecule has 5 N–H and O–H groups in total. The number of halogens is 4. The molecule has 0 radical (unpaired) electrons. The van der Waals surface area contributed by atoms with Gasteiger partial charge in [-0.1, -0.05) is 37.6 Å². The number of aromatic nitrogens is 3. The normalized spacial score (nSPS) is 21.6. The molecule has 4 rings (SSSR count). The van der Waals surface area contributed by atoms with Gasteiger partial charge in [-0.2, -0.15) is 13.2 Å². The smallest absolute Gasteiger partial charge is 0.417 e. The number of carbonyl (C=O) groups excluding carboxylic acids is 1. The number of nitrogens with two attached hydrogens (primary N) is 2. The van der Waals surface area contributed by atoms with Gasteiger partial charge in [-0.25, -0.2) is 9.97 Å². The molecule has 1 saturated carbocycles. The number of hydrogen-bond donors (Lipinski definition) is 3. The van der Waals surface area contributed by atoms with E-state index in [0.717, 1.165) is 6.08 Å². The number of nitrogen functional groups attached to an aromatic ring is 1. The summed E-state index contributed by atoms with van der Waals surface area (Å²) in [4.78, 5) is 33.8. The number of nitrogens with zero attached hydrogens (tertiary/aromatic N) is 3. The van der Waals surface area contributed by atoms with Gasteiger partial charge in [0.2, 0.25) is 0 Å². The summed E-state index contributed by atoms with van der Waals surface area (Å²) >= 11 is 6.56. The highest BCUT2D eigenvalue weighted by Gasteiger charge is 2.57. The minimum Gasteiger partial charge on any atom is -0.481 e. The first-order chi connectivity index (χ1) is 18.1. The maximum Gasteiger partial charge on any atom is 0.417 e. The highest BCUT2D eigenvalue weighted by Crippen LogP contribution is 2.60. The van der Waals surface area contributed by atoms with Crippen molar-refractivity contribution in [2.24, 2.45) is 16.6 Å². The summed E-state index contributed by atoms with van der Waals surface area (Å²) in [6, 6.07) is 4.29. The number of imidazole rings is 1. The lowest BCUT2D eigenvalue weighted by molar-refractivity contribution is -0.153. The van der Waals surface area contributed by atoms with Crippen molar-refractivity contribution in [3.8, 4) is 11.3 Å². The Labute approximate surface area is 227 Å². The Hall–Kier alpha value is -3.86. The van der Waals surface area contributed by atoms with E-state index in [9.17, 15) is 27.9 Å². The molecule has 3 aromatic rings. The van der Waals surface area contributed by atoms with Crippen LogP contribution >= 0.6 is 11.6 Å². The van der Waals surface area contributed by atoms with Crippen LogP contribution < -0.4 is 11.5 Å². The molecule has 12 heteroatoms. The van der Waals surface area contributed by atoms with Crippen LogP contribution in [-0.4, -0.2) is 37.4 Å². The Bertz CT molecular complexity index is 1540. The van der Waals surface area contributed by atoms with Gasteiger partial charge in [0.05, 0.1) is 16.0 Å². The largest absolute Gasteiger partial charge is 0.481 e. The minimum absolute atomic E-state index is 0.0579. The molecule has 1 aliphatic carbocycles. The maximum atomic E-state index is 12.9. The van der Waals surface area contributed by atoms with E-state index in [2.05, 4.69) is 4.98 Å². The number of ketones is 1. The minimum atomic E-state index is -4.70. The molecule has 39 heavy (non-hydrogen) atoms. The van der Waals surface area contributed by atoms with Crippen molar-refractivity contribution >= 4 is 34.7 Å². The first-order valence-corrected chi connectivity index (χ1v) is 12.4. The van der Waals surface area contributed by atoms with Gasteiger partial charge in [0.1, 0.15) is 22.9 Å². The lowest BCUT2D eigenvalue weighted by Gasteiger charge is -2.38. The van der Waals surface area contributed by atoms with Crippen molar-refractivity contribution < 1.29 is 27.9 Å². The van der Waals surface area contributed by atoms with E-state index in [-0.39, 0.29) is 22.3 Å². The Morgan fingerprint density at radius 2 is 1.92 bits per heavy atom. The number of alkyl halides is 3. The van der Waals surface area contributed by atoms with Gasteiger partial charge in [-0.05, 0) is 43.4 Å². The molecule has 0 bridgehead atoms. The number of carboxylic acid groups (broad SMARTS) is 1. The molecule has 1 aromatic carbocycles. The number of benzene rings is 1. The van der Waals surface area contributed by atoms with Crippen molar-refractivity contribution in [1.82, 2.24) is 14.4 Å². The fourth-order valence-corrected chi connectivity index (χ4v) is 5.49. The van der Waals surface area contributed by atoms with Gasteiger partial charge in [-0.15, -0.1) is 0 Å². The van der Waals surface area contributed by atoms with E-state index in [1.54, 1.807) is 17.5 Å². The number of hydrogen-bond acceptors (Lipinski definition) is 6. The third kappa shape index (κ3) is 4.64. The van der Waals surface area contributed by atoms with Crippen molar-refractivity contribution in [3.05, 3.63) is 70.9 Å². The average Bonchev–Trinajstić information content (AvgIpc) is 3.34. The van der Waals surface area contributed by atoms with Crippen LogP contribution in [0, 0.1) is 10.8 Å². The summed E-state index contributed by atoms with van der Waals surface area (Å²) in [7, 11) is 0. The quantitative estimate of drug-likeness (QED) is 0.197. The number of fused-ring (bicyclic) bond motifs is 1. The van der Waals surface area contributed by atoms with E-state index in [4.69, 9.17) is 28.1 Å². The molecule has 8 nitrogen and oxygen atoms in total. The fourth-order valence-electron chi connectivity index (χ4n) is 5.22. The standard InChI is InChI=1S/C27H27ClF3N5O3/c1-25(2)17(8-9-26(25,3)24(38)39)23-35-20(21-22(33)34-10-11-36(21)23)16-6-4-14(12-18(16)28)19(37)7-5-15(13-32)27(29,30)31/h4-7,10-13,17H,8-9,32H2,1-3H3,(H2,33,34)(H,38,39)/b7-5?,15-13+/t17-,26+/m0/s1. The fraction of sp³-hybridized carbons (Fsp3) is 0.333. The van der Waals surface area contributed by atoms with Gasteiger partial charge >= 0.3 is 12.1 Å². The van der Waals surface area contributed by atoms with Gasteiger partial charge in [-0.3, -0.25) is 14.0 Å². The summed E-state index contributed by atoms with van der Waals surface area (Å²) in [5.74, 6) is -1.03. The monoisotopic (exact) mass is 561 g/mol. The molecule has 1 fully saturated rings. The summed E-state index contributed by atoms with van der Waals surface area (Å²) in [5.41, 5.74) is 9.82. The van der Waals surface area contributed by atoms with Crippen molar-refractivity contribution in [1.29, 1.82) is 0 Å². The SMILES string of the molecule is CC1(C)[C@H](c2nc(-c3ccc(C(=O)C=C/C(=C\N)C(F)(F)F)cc3Cl)c3c(N)nccn23)CC[C@]1(C)C(=O)O. The molecule has 0 unspecified atom stereocenters. The third-order valence-electron chi connectivity index (χ3n) is 8.05. The highest BCUT2D eigenvalue weighted by atomic mass is 35.5. The van der Waals surface area contributed by atoms with E-state index in [1.165, 1.54) is 24.4 Å². The van der Waals surface area contributed by atoms with Gasteiger partial charge in [0.25, 0.3) is 0 Å². The Morgan fingerprint density at radius 1 is 1.23 bits per heavy atom. The molecule has 0 aliphatic heterocycles. The molecule has 0 spiro atoms. The predicted molar refractivity (Wildman–Crippen MR) is 141 cm³/mol. The first kappa shape index (κ1) is 28.2. The second-order valence-corrected chi connectivity index (χ2v) is 10.7. The summed E-state index contributed by atoms with van der Waals surface area (Å²) in [5, 5.41) is 10.1. The van der Waals surface area contributed by atoms with Crippen LogP contribution in [0.15, 0.2) is 54.5 Å². The van der Waals surface area contributed by atoms with Crippen LogP contribution in [0.25, 0.3) is 16.8 Å². The number of anilines is 1. The molecule has 2 atom stereocenters. The van der Waals surface area contributed by atoms with Crippen LogP contribution in [0.1, 0.15) is 55.7 Å². The zero-order valence-corrected chi connectivity index (χ0v) is 22.1. The predicted octanol–water partition coefficient (Wildman–Crippen LogP) is 5.77. The van der Waals surface area contributed by atoms with Crippen molar-refractivity contribution in [2.75, 3.05) is 5.73 Å². The number of allylic oxidation sites excluding steroid dienone is 3. The molecule has 2 heterocycles. The van der Waals surface area contributed by atoms with E-state index in [1.807, 2.05) is 13.8 Å². The summed E-state index contributed by atoms with van der Waals surface area (Å²) in [6.07, 6.45) is 1.32. The Morgan fingerprint density at radius 3 is 2.49 bits per heavy atom. The number of carboxylic acids is 1. The van der Waals surface area contributed by atoms with Crippen LogP contribution in [-0.2, 0) is 4.79 Å². The maximum absolute atomic E-state index is 12.9. The summed E-state index contributed by atoms with van der Waals surface area (Å²) < 4.78 is 40.5. The topological polar surface area (TPSA) is 137 Å². The summed E-state index contributed by atoms with van der Waals surface area (Å²) in [6.45, 7) is 5.56. The van der Waals surface area contributed by atoms with Gasteiger partial charge in [0, 0.05) is 35.6 Å². The number of rotatable bonds is 6. The molecular formula is C27H27ClF3N5O3. The lowest BCUT2D eigenvalue weighted by atomic mass is 9.65. The Kier molecular flexibility index (Phi) is 7.01. The number of aliphatic carboxylic acids is 1. The Balaban J connectivity index is 1.78. The van der Waals surface area contributed by atoms with E-state index >= 15 is 0 Å². The van der Waals surface area contributed by atoms with Crippen LogP contribution in [0.4, 0.5) is 19.0 Å². The number of carbonyl (C=O) groups is 2. The van der Waals surface area contributed by atoms with Crippen molar-refractivity contribution in [3.63, 3.8) is 0 Å². The van der Waals surface area contributed by atoms with Crippen LogP contribution in [0.5, 0.6) is 0 Å². The molecule has 1 aliphatic rings. The molecule has 206 valence electrons. The van der Waals surface area contributed by atoms with Gasteiger partial charge in [0.15, 0.2) is 5.78 Å². The first-order valence-electron chi connectivity index (χ1n) is 12.0. The molecule has 0 saturated heterocycles.